The smallest absolute Gasteiger partial charge is 0.168 e. The Morgan fingerprint density at radius 2 is 2.07 bits per heavy atom. The lowest BCUT2D eigenvalue weighted by Gasteiger charge is -2.11. The van der Waals surface area contributed by atoms with Crippen LogP contribution < -0.4 is 5.73 Å². The molecule has 0 saturated carbocycles. The van der Waals surface area contributed by atoms with E-state index >= 15 is 0 Å². The van der Waals surface area contributed by atoms with Gasteiger partial charge in [-0.2, -0.15) is 0 Å². The molecule has 2 nitrogen and oxygen atoms in total. The number of anilines is 1. The van der Waals surface area contributed by atoms with E-state index in [1.807, 2.05) is 19.2 Å². The number of hydrogen-bond donors (Lipinski definition) is 1. The molecule has 0 saturated heterocycles. The van der Waals surface area contributed by atoms with Crippen LogP contribution in [0, 0.1) is 5.92 Å². The predicted molar refractivity (Wildman–Crippen MR) is 66.6 cm³/mol. The van der Waals surface area contributed by atoms with E-state index in [2.05, 4.69) is 13.8 Å². The molecule has 0 spiro atoms. The number of carbonyl (C=O) groups excluding carboxylic acids is 1. The van der Waals surface area contributed by atoms with Gasteiger partial charge in [-0.05, 0) is 23.3 Å². The Kier molecular flexibility index (Phi) is 3.91. The second-order valence-electron chi connectivity index (χ2n) is 4.26. The Balaban J connectivity index is 3.15. The summed E-state index contributed by atoms with van der Waals surface area (Å²) in [6.45, 7) is 8.10. The van der Waals surface area contributed by atoms with Crippen LogP contribution in [0.5, 0.6) is 0 Å². The lowest BCUT2D eigenvalue weighted by atomic mass is 9.92. The van der Waals surface area contributed by atoms with Gasteiger partial charge in [0.15, 0.2) is 5.78 Å². The molecule has 0 amide bonds. The van der Waals surface area contributed by atoms with E-state index in [-0.39, 0.29) is 11.7 Å². The molecule has 0 aliphatic heterocycles. The highest BCUT2D eigenvalue weighted by Gasteiger charge is 2.22. The fraction of sp³-hybridized carbons (Fsp3) is 0.583. The topological polar surface area (TPSA) is 43.1 Å². The van der Waals surface area contributed by atoms with Crippen LogP contribution in [0.15, 0.2) is 5.38 Å². The lowest BCUT2D eigenvalue weighted by Crippen LogP contribution is -2.11. The number of hydrogen-bond acceptors (Lipinski definition) is 3. The Morgan fingerprint density at radius 3 is 2.53 bits per heavy atom. The molecule has 0 bridgehead atoms. The second kappa shape index (κ2) is 4.79. The molecule has 1 unspecified atom stereocenters. The normalized spacial score (nSPS) is 13.1. The molecule has 15 heavy (non-hydrogen) atoms. The van der Waals surface area contributed by atoms with Crippen molar-refractivity contribution in [2.75, 3.05) is 5.73 Å². The summed E-state index contributed by atoms with van der Waals surface area (Å²) in [7, 11) is 0. The number of carbonyl (C=O) groups is 1. The molecule has 0 radical (unpaired) electrons. The highest BCUT2D eigenvalue weighted by atomic mass is 32.1. The average Bonchev–Trinajstić information content (AvgIpc) is 2.57. The van der Waals surface area contributed by atoms with Crippen molar-refractivity contribution in [2.45, 2.75) is 40.0 Å². The van der Waals surface area contributed by atoms with E-state index in [9.17, 15) is 4.79 Å². The summed E-state index contributed by atoms with van der Waals surface area (Å²) in [5, 5.41) is 2.70. The van der Waals surface area contributed by atoms with Crippen molar-refractivity contribution in [3.05, 3.63) is 16.5 Å². The number of nitrogens with two attached hydrogens (primary N) is 1. The van der Waals surface area contributed by atoms with Crippen molar-refractivity contribution >= 4 is 22.1 Å². The summed E-state index contributed by atoms with van der Waals surface area (Å²) in [4.78, 5) is 12.0. The maximum Gasteiger partial charge on any atom is 0.168 e. The first kappa shape index (κ1) is 12.2. The van der Waals surface area contributed by atoms with Crippen molar-refractivity contribution in [1.29, 1.82) is 0 Å². The van der Waals surface area contributed by atoms with Crippen LogP contribution in [-0.2, 0) is 0 Å². The summed E-state index contributed by atoms with van der Waals surface area (Å²) in [5.74, 6) is 0.602. The highest BCUT2D eigenvalue weighted by molar-refractivity contribution is 7.14. The van der Waals surface area contributed by atoms with Gasteiger partial charge < -0.3 is 5.73 Å². The standard InChI is InChI=1S/C12H19NOS/c1-5-8(4)9-6-15-12(13)10(9)11(14)7(2)3/h6-8H,5,13H2,1-4H3. The monoisotopic (exact) mass is 225 g/mol. The molecular weight excluding hydrogens is 206 g/mol. The largest absolute Gasteiger partial charge is 0.390 e. The number of thiophene rings is 1. The molecular formula is C12H19NOS. The first-order chi connectivity index (χ1) is 6.99. The quantitative estimate of drug-likeness (QED) is 0.794. The number of rotatable bonds is 4. The van der Waals surface area contributed by atoms with Crippen LogP contribution in [0.25, 0.3) is 0 Å². The SMILES string of the molecule is CCC(C)c1csc(N)c1C(=O)C(C)C. The predicted octanol–water partition coefficient (Wildman–Crippen LogP) is 3.68. The number of ketones is 1. The molecule has 0 fully saturated rings. The summed E-state index contributed by atoms with van der Waals surface area (Å²) >= 11 is 1.48. The second-order valence-corrected chi connectivity index (χ2v) is 5.17. The van der Waals surface area contributed by atoms with E-state index in [1.165, 1.54) is 11.3 Å². The van der Waals surface area contributed by atoms with E-state index in [0.29, 0.717) is 10.9 Å². The average molecular weight is 225 g/mol. The Hall–Kier alpha value is -0.830. The van der Waals surface area contributed by atoms with Crippen LogP contribution in [0.1, 0.15) is 56.0 Å². The molecule has 3 heteroatoms. The first-order valence-electron chi connectivity index (χ1n) is 5.40. The molecule has 0 aromatic carbocycles. The van der Waals surface area contributed by atoms with Gasteiger partial charge in [-0.15, -0.1) is 11.3 Å². The van der Waals surface area contributed by atoms with Crippen molar-refractivity contribution < 1.29 is 4.79 Å². The van der Waals surface area contributed by atoms with Gasteiger partial charge in [-0.1, -0.05) is 27.7 Å². The van der Waals surface area contributed by atoms with Gasteiger partial charge in [-0.25, -0.2) is 0 Å². The molecule has 1 rings (SSSR count). The van der Waals surface area contributed by atoms with E-state index < -0.39 is 0 Å². The zero-order chi connectivity index (χ0) is 11.6. The van der Waals surface area contributed by atoms with E-state index in [1.54, 1.807) is 0 Å². The van der Waals surface area contributed by atoms with Gasteiger partial charge >= 0.3 is 0 Å². The van der Waals surface area contributed by atoms with Crippen LogP contribution in [-0.4, -0.2) is 5.78 Å². The summed E-state index contributed by atoms with van der Waals surface area (Å²) in [6, 6.07) is 0. The van der Waals surface area contributed by atoms with E-state index in [4.69, 9.17) is 5.73 Å². The maximum atomic E-state index is 12.0. The highest BCUT2D eigenvalue weighted by Crippen LogP contribution is 2.33. The fourth-order valence-corrected chi connectivity index (χ4v) is 2.46. The fourth-order valence-electron chi connectivity index (χ4n) is 1.52. The van der Waals surface area contributed by atoms with Crippen LogP contribution in [0.3, 0.4) is 0 Å². The third-order valence-electron chi connectivity index (χ3n) is 2.76. The van der Waals surface area contributed by atoms with Crippen LogP contribution >= 0.6 is 11.3 Å². The molecule has 1 aromatic heterocycles. The van der Waals surface area contributed by atoms with E-state index in [0.717, 1.165) is 17.5 Å². The van der Waals surface area contributed by atoms with Crippen LogP contribution in [0.4, 0.5) is 5.00 Å². The zero-order valence-corrected chi connectivity index (χ0v) is 10.6. The molecule has 1 atom stereocenters. The number of Topliss-reactive ketones (excluding diaryl/α,β-unsaturated/α-hetero) is 1. The minimum Gasteiger partial charge on any atom is -0.390 e. The van der Waals surface area contributed by atoms with Gasteiger partial charge in [0, 0.05) is 5.92 Å². The van der Waals surface area contributed by atoms with Crippen molar-refractivity contribution in [1.82, 2.24) is 0 Å². The van der Waals surface area contributed by atoms with Gasteiger partial charge in [-0.3, -0.25) is 4.79 Å². The third kappa shape index (κ3) is 2.40. The minimum absolute atomic E-state index is 0.0182. The zero-order valence-electron chi connectivity index (χ0n) is 9.83. The molecule has 0 aliphatic rings. The van der Waals surface area contributed by atoms with Crippen LogP contribution in [0.2, 0.25) is 0 Å². The lowest BCUT2D eigenvalue weighted by molar-refractivity contribution is 0.0939. The first-order valence-corrected chi connectivity index (χ1v) is 6.28. The van der Waals surface area contributed by atoms with Crippen molar-refractivity contribution in [3.8, 4) is 0 Å². The molecule has 0 aliphatic carbocycles. The molecule has 1 heterocycles. The number of nitrogen functional groups attached to an aromatic ring is 1. The third-order valence-corrected chi connectivity index (χ3v) is 3.59. The maximum absolute atomic E-state index is 12.0. The Bertz CT molecular complexity index is 355. The minimum atomic E-state index is 0.0182. The Morgan fingerprint density at radius 1 is 1.47 bits per heavy atom. The van der Waals surface area contributed by atoms with Gasteiger partial charge in [0.2, 0.25) is 0 Å². The summed E-state index contributed by atoms with van der Waals surface area (Å²) < 4.78 is 0. The molecule has 1 aromatic rings. The summed E-state index contributed by atoms with van der Waals surface area (Å²) in [6.07, 6.45) is 1.04. The van der Waals surface area contributed by atoms with Crippen molar-refractivity contribution in [3.63, 3.8) is 0 Å². The van der Waals surface area contributed by atoms with Crippen molar-refractivity contribution in [2.24, 2.45) is 5.92 Å². The van der Waals surface area contributed by atoms with Gasteiger partial charge in [0.05, 0.1) is 10.6 Å². The summed E-state index contributed by atoms with van der Waals surface area (Å²) in [5.41, 5.74) is 7.76. The van der Waals surface area contributed by atoms with Gasteiger partial charge in [0.1, 0.15) is 0 Å². The Labute approximate surface area is 95.5 Å². The molecule has 84 valence electrons. The molecule has 2 N–H and O–H groups in total. The van der Waals surface area contributed by atoms with Gasteiger partial charge in [0.25, 0.3) is 0 Å².